The minimum atomic E-state index is -0.249. The fourth-order valence-corrected chi connectivity index (χ4v) is 3.25. The van der Waals surface area contributed by atoms with Crippen LogP contribution in [0.1, 0.15) is 11.1 Å². The number of nitrogens with one attached hydrogen (secondary N) is 2. The molecular weight excluding hydrogens is 379 g/mol. The number of carbonyl (C=O) groups excluding carboxylic acids is 1. The van der Waals surface area contributed by atoms with Crippen LogP contribution in [0.15, 0.2) is 90.2 Å². The highest BCUT2D eigenvalue weighted by atomic mass is 19.1. The number of carbonyl (C=O) groups is 1. The molecule has 0 radical (unpaired) electrons. The van der Waals surface area contributed by atoms with Crippen LogP contribution in [0.2, 0.25) is 0 Å². The maximum atomic E-state index is 13.2. The van der Waals surface area contributed by atoms with E-state index in [0.717, 1.165) is 27.7 Å². The molecule has 0 bridgehead atoms. The number of hydrazone groups is 1. The second-order valence-electron chi connectivity index (χ2n) is 6.87. The molecule has 0 aliphatic rings. The molecule has 4 rings (SSSR count). The van der Waals surface area contributed by atoms with Crippen LogP contribution in [-0.2, 0) is 11.3 Å². The molecule has 1 aromatic heterocycles. The number of anilines is 1. The number of nitrogens with zero attached hydrogens (tertiary/aromatic N) is 2. The minimum Gasteiger partial charge on any atom is -0.376 e. The van der Waals surface area contributed by atoms with Crippen molar-refractivity contribution >= 4 is 28.7 Å². The number of benzene rings is 3. The molecule has 1 heterocycles. The molecule has 2 N–H and O–H groups in total. The van der Waals surface area contributed by atoms with E-state index >= 15 is 0 Å². The first-order chi connectivity index (χ1) is 14.7. The van der Waals surface area contributed by atoms with Crippen molar-refractivity contribution in [2.45, 2.75) is 6.54 Å². The first-order valence-corrected chi connectivity index (χ1v) is 9.62. The van der Waals surface area contributed by atoms with Gasteiger partial charge >= 0.3 is 0 Å². The van der Waals surface area contributed by atoms with E-state index in [2.05, 4.69) is 20.4 Å². The van der Waals surface area contributed by atoms with Gasteiger partial charge in [-0.05, 0) is 35.9 Å². The standard InChI is InChI=1S/C24H21FN4O/c25-20-12-10-18(11-13-20)16-29-17-19(22-8-4-5-9-23(22)29)14-27-28-24(30)15-26-21-6-2-1-3-7-21/h1-14,17,26H,15-16H2,(H,28,30)/b27-14-. The molecule has 0 aliphatic heterocycles. The van der Waals surface area contributed by atoms with Crippen LogP contribution in [0.5, 0.6) is 0 Å². The molecule has 6 heteroatoms. The van der Waals surface area contributed by atoms with E-state index in [1.54, 1.807) is 18.3 Å². The molecule has 1 amide bonds. The Bertz CT molecular complexity index is 1170. The SMILES string of the molecule is O=C(CNc1ccccc1)N/N=C\c1cn(Cc2ccc(F)cc2)c2ccccc12. The molecule has 3 aromatic carbocycles. The fraction of sp³-hybridized carbons (Fsp3) is 0.0833. The monoisotopic (exact) mass is 400 g/mol. The highest BCUT2D eigenvalue weighted by Crippen LogP contribution is 2.21. The molecule has 30 heavy (non-hydrogen) atoms. The Morgan fingerprint density at radius 1 is 0.967 bits per heavy atom. The lowest BCUT2D eigenvalue weighted by Gasteiger charge is -2.05. The third-order valence-electron chi connectivity index (χ3n) is 4.71. The molecule has 0 spiro atoms. The van der Waals surface area contributed by atoms with Crippen LogP contribution in [-0.4, -0.2) is 23.2 Å². The normalized spacial score (nSPS) is 11.1. The highest BCUT2D eigenvalue weighted by Gasteiger charge is 2.07. The average molecular weight is 400 g/mol. The quantitative estimate of drug-likeness (QED) is 0.357. The van der Waals surface area contributed by atoms with Crippen LogP contribution in [0.4, 0.5) is 10.1 Å². The second-order valence-corrected chi connectivity index (χ2v) is 6.87. The summed E-state index contributed by atoms with van der Waals surface area (Å²) in [7, 11) is 0. The van der Waals surface area contributed by atoms with Gasteiger partial charge in [0.15, 0.2) is 0 Å². The smallest absolute Gasteiger partial charge is 0.259 e. The van der Waals surface area contributed by atoms with Gasteiger partial charge in [0.2, 0.25) is 0 Å². The largest absolute Gasteiger partial charge is 0.376 e. The number of amides is 1. The Labute approximate surface area is 173 Å². The Hall–Kier alpha value is -3.93. The molecule has 5 nitrogen and oxygen atoms in total. The number of rotatable bonds is 7. The summed E-state index contributed by atoms with van der Waals surface area (Å²) in [4.78, 5) is 12.0. The fourth-order valence-electron chi connectivity index (χ4n) is 3.25. The Morgan fingerprint density at radius 3 is 2.50 bits per heavy atom. The maximum Gasteiger partial charge on any atom is 0.259 e. The van der Waals surface area contributed by atoms with Crippen LogP contribution < -0.4 is 10.7 Å². The van der Waals surface area contributed by atoms with Crippen molar-refractivity contribution in [1.29, 1.82) is 0 Å². The van der Waals surface area contributed by atoms with Gasteiger partial charge in [0.05, 0.1) is 12.8 Å². The Morgan fingerprint density at radius 2 is 1.70 bits per heavy atom. The van der Waals surface area contributed by atoms with Gasteiger partial charge in [0.25, 0.3) is 5.91 Å². The van der Waals surface area contributed by atoms with Gasteiger partial charge in [-0.15, -0.1) is 0 Å². The van der Waals surface area contributed by atoms with Gasteiger partial charge in [0.1, 0.15) is 5.82 Å². The highest BCUT2D eigenvalue weighted by molar-refractivity contribution is 5.99. The van der Waals surface area contributed by atoms with E-state index in [0.29, 0.717) is 6.54 Å². The molecule has 0 unspecified atom stereocenters. The number of halogens is 1. The van der Waals surface area contributed by atoms with Gasteiger partial charge in [-0.25, -0.2) is 9.82 Å². The van der Waals surface area contributed by atoms with Crippen molar-refractivity contribution in [3.8, 4) is 0 Å². The predicted octanol–water partition coefficient (Wildman–Crippen LogP) is 4.39. The molecular formula is C24H21FN4O. The third kappa shape index (κ3) is 4.72. The molecule has 150 valence electrons. The van der Waals surface area contributed by atoms with E-state index in [-0.39, 0.29) is 18.3 Å². The molecule has 0 aliphatic carbocycles. The first kappa shape index (κ1) is 19.4. The number of aromatic nitrogens is 1. The zero-order valence-corrected chi connectivity index (χ0v) is 16.3. The van der Waals surface area contributed by atoms with Gasteiger partial charge in [-0.1, -0.05) is 48.5 Å². The van der Waals surface area contributed by atoms with Crippen LogP contribution in [0.3, 0.4) is 0 Å². The maximum absolute atomic E-state index is 13.2. The summed E-state index contributed by atoms with van der Waals surface area (Å²) in [6.45, 7) is 0.746. The van der Waals surface area contributed by atoms with E-state index in [9.17, 15) is 9.18 Å². The second kappa shape index (κ2) is 9.05. The summed E-state index contributed by atoms with van der Waals surface area (Å²) in [6, 6.07) is 24.0. The lowest BCUT2D eigenvalue weighted by molar-refractivity contribution is -0.119. The summed E-state index contributed by atoms with van der Waals surface area (Å²) in [5.74, 6) is -0.480. The van der Waals surface area contributed by atoms with Crippen molar-refractivity contribution in [2.75, 3.05) is 11.9 Å². The van der Waals surface area contributed by atoms with Crippen LogP contribution >= 0.6 is 0 Å². The lowest BCUT2D eigenvalue weighted by atomic mass is 10.2. The van der Waals surface area contributed by atoms with Crippen molar-refractivity contribution in [2.24, 2.45) is 5.10 Å². The van der Waals surface area contributed by atoms with E-state index in [1.807, 2.05) is 60.8 Å². The summed E-state index contributed by atoms with van der Waals surface area (Å²) >= 11 is 0. The van der Waals surface area contributed by atoms with E-state index in [4.69, 9.17) is 0 Å². The summed E-state index contributed by atoms with van der Waals surface area (Å²) in [6.07, 6.45) is 3.62. The zero-order valence-electron chi connectivity index (χ0n) is 16.3. The number of hydrogen-bond acceptors (Lipinski definition) is 3. The molecule has 0 saturated heterocycles. The van der Waals surface area contributed by atoms with Crippen molar-refractivity contribution in [1.82, 2.24) is 9.99 Å². The van der Waals surface area contributed by atoms with Gasteiger partial charge in [-0.2, -0.15) is 5.10 Å². The summed E-state index contributed by atoms with van der Waals surface area (Å²) in [5.41, 5.74) is 6.36. The van der Waals surface area contributed by atoms with Gasteiger partial charge < -0.3 is 9.88 Å². The van der Waals surface area contributed by atoms with Crippen LogP contribution in [0.25, 0.3) is 10.9 Å². The zero-order chi connectivity index (χ0) is 20.8. The molecule has 4 aromatic rings. The lowest BCUT2D eigenvalue weighted by Crippen LogP contribution is -2.25. The molecule has 0 fully saturated rings. The average Bonchev–Trinajstić information content (AvgIpc) is 3.12. The predicted molar refractivity (Wildman–Crippen MR) is 118 cm³/mol. The number of fused-ring (bicyclic) bond motifs is 1. The van der Waals surface area contributed by atoms with Crippen LogP contribution in [0, 0.1) is 5.82 Å². The Balaban J connectivity index is 1.44. The Kier molecular flexibility index (Phi) is 5.85. The molecule has 0 saturated carbocycles. The molecule has 0 atom stereocenters. The number of para-hydroxylation sites is 2. The first-order valence-electron chi connectivity index (χ1n) is 9.62. The van der Waals surface area contributed by atoms with Gasteiger partial charge in [-0.3, -0.25) is 4.79 Å². The minimum absolute atomic E-state index is 0.133. The van der Waals surface area contributed by atoms with E-state index in [1.165, 1.54) is 12.1 Å². The topological polar surface area (TPSA) is 58.4 Å². The summed E-state index contributed by atoms with van der Waals surface area (Å²) in [5, 5.41) is 8.18. The van der Waals surface area contributed by atoms with Gasteiger partial charge in [0, 0.05) is 34.9 Å². The van der Waals surface area contributed by atoms with Crippen molar-refractivity contribution in [3.63, 3.8) is 0 Å². The third-order valence-corrected chi connectivity index (χ3v) is 4.71. The van der Waals surface area contributed by atoms with Crippen molar-refractivity contribution in [3.05, 3.63) is 102 Å². The van der Waals surface area contributed by atoms with E-state index < -0.39 is 0 Å². The summed E-state index contributed by atoms with van der Waals surface area (Å²) < 4.78 is 15.3. The van der Waals surface area contributed by atoms with Crippen molar-refractivity contribution < 1.29 is 9.18 Å². The number of hydrogen-bond donors (Lipinski definition) is 2.